The van der Waals surface area contributed by atoms with Crippen LogP contribution in [0.3, 0.4) is 0 Å². The average molecular weight is 431 g/mol. The van der Waals surface area contributed by atoms with E-state index < -0.39 is 23.9 Å². The molecule has 160 valence electrons. The fourth-order valence-corrected chi connectivity index (χ4v) is 4.44. The minimum Gasteiger partial charge on any atom is -0.376 e. The predicted octanol–water partition coefficient (Wildman–Crippen LogP) is 4.01. The Morgan fingerprint density at radius 3 is 2.63 bits per heavy atom. The van der Waals surface area contributed by atoms with Gasteiger partial charge in [-0.25, -0.2) is 0 Å². The molecule has 7 heteroatoms. The topological polar surface area (TPSA) is 91.6 Å². The average Bonchev–Trinajstić information content (AvgIpc) is 2.78. The Morgan fingerprint density at radius 2 is 2.03 bits per heavy atom. The summed E-state index contributed by atoms with van der Waals surface area (Å²) in [6, 6.07) is 6.54. The fourth-order valence-electron chi connectivity index (χ4n) is 4.22. The summed E-state index contributed by atoms with van der Waals surface area (Å²) in [5.41, 5.74) is -1.23. The largest absolute Gasteiger partial charge is 0.376 e. The molecule has 3 atom stereocenters. The lowest BCUT2D eigenvalue weighted by atomic mass is 9.73. The molecule has 2 N–H and O–H groups in total. The zero-order chi connectivity index (χ0) is 21.6. The molecule has 2 aliphatic rings. The molecule has 1 amide bonds. The first kappa shape index (κ1) is 22.6. The quantitative estimate of drug-likeness (QED) is 0.665. The number of hydrogen-bond acceptors (Lipinski definition) is 5. The third-order valence-electron chi connectivity index (χ3n) is 5.92. The third-order valence-corrected chi connectivity index (χ3v) is 6.23. The first-order chi connectivity index (χ1) is 14.5. The molecule has 0 aromatic heterocycles. The van der Waals surface area contributed by atoms with Crippen molar-refractivity contribution in [3.63, 3.8) is 0 Å². The summed E-state index contributed by atoms with van der Waals surface area (Å²) in [7, 11) is 0. The van der Waals surface area contributed by atoms with Gasteiger partial charge in [-0.1, -0.05) is 36.8 Å². The van der Waals surface area contributed by atoms with Crippen LogP contribution in [0.5, 0.6) is 0 Å². The van der Waals surface area contributed by atoms with Gasteiger partial charge < -0.3 is 19.9 Å². The summed E-state index contributed by atoms with van der Waals surface area (Å²) in [5, 5.41) is 23.7. The number of hydrogen-bond donors (Lipinski definition) is 2. The first-order valence-corrected chi connectivity index (χ1v) is 10.8. The van der Waals surface area contributed by atoms with Crippen LogP contribution in [0.1, 0.15) is 56.9 Å². The van der Waals surface area contributed by atoms with E-state index in [1.165, 1.54) is 12.1 Å². The lowest BCUT2D eigenvalue weighted by Crippen LogP contribution is -2.59. The number of benzene rings is 1. The number of carbonyl (C=O) groups excluding carboxylic acids is 1. The number of carbonyl (C=O) groups is 1. The van der Waals surface area contributed by atoms with Crippen LogP contribution in [0, 0.1) is 29.6 Å². The Labute approximate surface area is 182 Å². The van der Waals surface area contributed by atoms with E-state index in [4.69, 9.17) is 32.8 Å². The van der Waals surface area contributed by atoms with Gasteiger partial charge in [-0.3, -0.25) is 4.79 Å². The molecule has 0 bridgehead atoms. The minimum atomic E-state index is -1.91. The highest BCUT2D eigenvalue weighted by Crippen LogP contribution is 2.38. The molecule has 0 spiro atoms. The Bertz CT molecular complexity index is 835. The molecule has 6 nitrogen and oxygen atoms in total. The SMILES string of the molecule is C#CC(OC1CCCCO1)C(O)(C(=O)Nc1ccc(C#N)c(Cl)c1)C1CCCCC1. The van der Waals surface area contributed by atoms with Gasteiger partial charge in [0.25, 0.3) is 5.91 Å². The number of halogens is 1. The van der Waals surface area contributed by atoms with Gasteiger partial charge in [-0.15, -0.1) is 6.42 Å². The maximum Gasteiger partial charge on any atom is 0.260 e. The minimum absolute atomic E-state index is 0.219. The Hall–Kier alpha value is -2.09. The number of aliphatic hydroxyl groups is 1. The van der Waals surface area contributed by atoms with Crippen LogP contribution in [0.25, 0.3) is 0 Å². The van der Waals surface area contributed by atoms with Crippen LogP contribution >= 0.6 is 11.6 Å². The highest BCUT2D eigenvalue weighted by Gasteiger charge is 2.51. The van der Waals surface area contributed by atoms with Crippen molar-refractivity contribution >= 4 is 23.2 Å². The van der Waals surface area contributed by atoms with Gasteiger partial charge in [-0.2, -0.15) is 5.26 Å². The van der Waals surface area contributed by atoms with E-state index in [0.29, 0.717) is 37.1 Å². The van der Waals surface area contributed by atoms with Crippen LogP contribution in [-0.4, -0.2) is 35.6 Å². The fraction of sp³-hybridized carbons (Fsp3) is 0.565. The van der Waals surface area contributed by atoms with Gasteiger partial charge >= 0.3 is 0 Å². The summed E-state index contributed by atoms with van der Waals surface area (Å²) in [5.74, 6) is 1.54. The van der Waals surface area contributed by atoms with Crippen molar-refractivity contribution in [3.05, 3.63) is 28.8 Å². The molecule has 2 fully saturated rings. The molecule has 0 radical (unpaired) electrons. The van der Waals surface area contributed by atoms with Gasteiger partial charge in [0.2, 0.25) is 0 Å². The highest BCUT2D eigenvalue weighted by molar-refractivity contribution is 6.32. The van der Waals surface area contributed by atoms with Crippen molar-refractivity contribution in [2.24, 2.45) is 5.92 Å². The van der Waals surface area contributed by atoms with Crippen LogP contribution in [0.2, 0.25) is 5.02 Å². The van der Waals surface area contributed by atoms with Crippen molar-refractivity contribution in [2.45, 2.75) is 69.4 Å². The number of nitrogens with zero attached hydrogens (tertiary/aromatic N) is 1. The van der Waals surface area contributed by atoms with Gasteiger partial charge in [0.1, 0.15) is 6.07 Å². The molecule has 1 heterocycles. The standard InChI is InChI=1S/C23H27ClN2O4/c1-2-20(30-21-10-6-7-13-29-21)23(28,17-8-4-3-5-9-17)22(27)26-18-12-11-16(15-25)19(24)14-18/h1,11-12,14,17,20-21,28H,3-10,13H2,(H,26,27). The van der Waals surface area contributed by atoms with E-state index in [-0.39, 0.29) is 10.9 Å². The number of rotatable bonds is 6. The lowest BCUT2D eigenvalue weighted by Gasteiger charge is -2.41. The van der Waals surface area contributed by atoms with Gasteiger partial charge in [0, 0.05) is 18.2 Å². The van der Waals surface area contributed by atoms with E-state index in [0.717, 1.165) is 32.1 Å². The monoisotopic (exact) mass is 430 g/mol. The van der Waals surface area contributed by atoms with E-state index >= 15 is 0 Å². The molecule has 1 aliphatic carbocycles. The number of ether oxygens (including phenoxy) is 2. The van der Waals surface area contributed by atoms with Gasteiger partial charge in [0.05, 0.1) is 10.6 Å². The summed E-state index contributed by atoms with van der Waals surface area (Å²) in [6.45, 7) is 0.569. The van der Waals surface area contributed by atoms with E-state index in [2.05, 4.69) is 11.2 Å². The molecule has 1 aromatic carbocycles. The second-order valence-corrected chi connectivity index (χ2v) is 8.31. The Balaban J connectivity index is 1.86. The van der Waals surface area contributed by atoms with Crippen molar-refractivity contribution in [3.8, 4) is 18.4 Å². The molecule has 30 heavy (non-hydrogen) atoms. The predicted molar refractivity (Wildman–Crippen MR) is 114 cm³/mol. The lowest BCUT2D eigenvalue weighted by molar-refractivity contribution is -0.220. The zero-order valence-corrected chi connectivity index (χ0v) is 17.7. The second-order valence-electron chi connectivity index (χ2n) is 7.90. The van der Waals surface area contributed by atoms with Crippen molar-refractivity contribution in [2.75, 3.05) is 11.9 Å². The third kappa shape index (κ3) is 4.96. The summed E-state index contributed by atoms with van der Waals surface area (Å²) in [4.78, 5) is 13.4. The van der Waals surface area contributed by atoms with Crippen LogP contribution in [-0.2, 0) is 14.3 Å². The molecular formula is C23H27ClN2O4. The van der Waals surface area contributed by atoms with E-state index in [1.54, 1.807) is 6.07 Å². The van der Waals surface area contributed by atoms with Crippen LogP contribution < -0.4 is 5.32 Å². The highest BCUT2D eigenvalue weighted by atomic mass is 35.5. The number of nitrogens with one attached hydrogen (secondary N) is 1. The maximum atomic E-state index is 13.4. The maximum absolute atomic E-state index is 13.4. The number of amides is 1. The number of nitriles is 1. The molecular weight excluding hydrogens is 404 g/mol. The van der Waals surface area contributed by atoms with E-state index in [1.807, 2.05) is 6.07 Å². The van der Waals surface area contributed by atoms with E-state index in [9.17, 15) is 9.90 Å². The normalized spacial score (nSPS) is 22.9. The van der Waals surface area contributed by atoms with Crippen LogP contribution in [0.15, 0.2) is 18.2 Å². The molecule has 1 saturated carbocycles. The molecule has 3 rings (SSSR count). The zero-order valence-electron chi connectivity index (χ0n) is 16.9. The second kappa shape index (κ2) is 10.3. The molecule has 1 aliphatic heterocycles. The van der Waals surface area contributed by atoms with Gasteiger partial charge in [-0.05, 0) is 50.3 Å². The Morgan fingerprint density at radius 1 is 1.30 bits per heavy atom. The number of terminal acetylenes is 1. The van der Waals surface area contributed by atoms with Crippen LogP contribution in [0.4, 0.5) is 5.69 Å². The summed E-state index contributed by atoms with van der Waals surface area (Å²) < 4.78 is 11.6. The molecule has 3 unspecified atom stereocenters. The van der Waals surface area contributed by atoms with Gasteiger partial charge in [0.15, 0.2) is 18.0 Å². The molecule has 1 saturated heterocycles. The van der Waals surface area contributed by atoms with Crippen molar-refractivity contribution in [1.82, 2.24) is 0 Å². The summed E-state index contributed by atoms with van der Waals surface area (Å²) >= 11 is 6.08. The van der Waals surface area contributed by atoms with Crippen molar-refractivity contribution in [1.29, 1.82) is 5.26 Å². The smallest absolute Gasteiger partial charge is 0.260 e. The summed E-state index contributed by atoms with van der Waals surface area (Å²) in [6.07, 6.45) is 10.9. The first-order valence-electron chi connectivity index (χ1n) is 10.5. The Kier molecular flexibility index (Phi) is 7.75. The molecule has 1 aromatic rings. The number of anilines is 1. The van der Waals surface area contributed by atoms with Crippen molar-refractivity contribution < 1.29 is 19.4 Å².